The summed E-state index contributed by atoms with van der Waals surface area (Å²) >= 11 is 0. The monoisotopic (exact) mass is 355 g/mol. The van der Waals surface area contributed by atoms with Crippen molar-refractivity contribution in [2.75, 3.05) is 6.61 Å². The largest absolute Gasteiger partial charge is 0.483 e. The maximum Gasteiger partial charge on any atom is 0.277 e. The van der Waals surface area contributed by atoms with Crippen LogP contribution in [0.15, 0.2) is 53.6 Å². The number of benzene rings is 2. The van der Waals surface area contributed by atoms with E-state index in [1.165, 1.54) is 18.3 Å². The van der Waals surface area contributed by atoms with Crippen molar-refractivity contribution in [1.82, 2.24) is 5.43 Å². The molecule has 7 nitrogen and oxygen atoms in total. The zero-order valence-electron chi connectivity index (χ0n) is 14.7. The highest BCUT2D eigenvalue weighted by Gasteiger charge is 2.11. The number of non-ortho nitro benzene ring substituents is 1. The number of carbonyl (C=O) groups excluding carboxylic acids is 1. The number of hydrogen-bond acceptors (Lipinski definition) is 5. The van der Waals surface area contributed by atoms with Crippen molar-refractivity contribution in [3.8, 4) is 5.75 Å². The second-order valence-electron chi connectivity index (χ2n) is 5.78. The van der Waals surface area contributed by atoms with Gasteiger partial charge in [-0.25, -0.2) is 5.43 Å². The van der Waals surface area contributed by atoms with Crippen LogP contribution in [0.1, 0.15) is 37.3 Å². The molecule has 0 aliphatic heterocycles. The first-order chi connectivity index (χ1) is 12.5. The molecule has 1 atom stereocenters. The topological polar surface area (TPSA) is 93.8 Å². The van der Waals surface area contributed by atoms with Gasteiger partial charge >= 0.3 is 0 Å². The lowest BCUT2D eigenvalue weighted by Gasteiger charge is -2.15. The fraction of sp³-hybridized carbons (Fsp3) is 0.263. The Hall–Kier alpha value is -3.22. The fourth-order valence-corrected chi connectivity index (χ4v) is 2.31. The van der Waals surface area contributed by atoms with Gasteiger partial charge in [-0.15, -0.1) is 0 Å². The fourth-order valence-electron chi connectivity index (χ4n) is 2.31. The third kappa shape index (κ3) is 5.41. The minimum atomic E-state index is -0.488. The molecule has 0 spiro atoms. The van der Waals surface area contributed by atoms with E-state index in [1.54, 1.807) is 12.1 Å². The third-order valence-electron chi connectivity index (χ3n) is 3.90. The Balaban J connectivity index is 1.90. The van der Waals surface area contributed by atoms with Crippen LogP contribution in [0.25, 0.3) is 0 Å². The Morgan fingerprint density at radius 1 is 1.31 bits per heavy atom. The molecule has 2 rings (SSSR count). The molecule has 0 saturated carbocycles. The molecule has 1 amide bonds. The normalized spacial score (nSPS) is 11.9. The van der Waals surface area contributed by atoms with Crippen LogP contribution in [0.4, 0.5) is 5.69 Å². The Morgan fingerprint density at radius 3 is 2.81 bits per heavy atom. The number of carbonyl (C=O) groups is 1. The third-order valence-corrected chi connectivity index (χ3v) is 3.90. The first-order valence-electron chi connectivity index (χ1n) is 8.29. The molecule has 0 saturated heterocycles. The predicted molar refractivity (Wildman–Crippen MR) is 99.5 cm³/mol. The number of hydrogen-bond donors (Lipinski definition) is 1. The van der Waals surface area contributed by atoms with Gasteiger partial charge in [0.15, 0.2) is 6.61 Å². The van der Waals surface area contributed by atoms with Crippen LogP contribution >= 0.6 is 0 Å². The lowest BCUT2D eigenvalue weighted by molar-refractivity contribution is -0.384. The van der Waals surface area contributed by atoms with Crippen LogP contribution in [0, 0.1) is 10.1 Å². The Morgan fingerprint density at radius 2 is 2.08 bits per heavy atom. The molecular weight excluding hydrogens is 334 g/mol. The standard InChI is InChI=1S/C19H21N3O4/c1-3-14(2)17-9-4-5-10-18(17)26-13-19(23)21-20-12-15-7-6-8-16(11-15)22(24)25/h4-12,14H,3,13H2,1-2H3,(H,21,23)/b20-12+. The molecule has 0 bridgehead atoms. The maximum absolute atomic E-state index is 11.9. The van der Waals surface area contributed by atoms with Crippen molar-refractivity contribution in [1.29, 1.82) is 0 Å². The van der Waals surface area contributed by atoms with Crippen molar-refractivity contribution >= 4 is 17.8 Å². The summed E-state index contributed by atoms with van der Waals surface area (Å²) in [6.45, 7) is 4.03. The summed E-state index contributed by atoms with van der Waals surface area (Å²) in [6.07, 6.45) is 2.32. The summed E-state index contributed by atoms with van der Waals surface area (Å²) in [5.41, 5.74) is 3.89. The number of amides is 1. The Bertz CT molecular complexity index is 805. The molecule has 0 aliphatic carbocycles. The van der Waals surface area contributed by atoms with Crippen LogP contribution < -0.4 is 10.2 Å². The van der Waals surface area contributed by atoms with Gasteiger partial charge in [0.25, 0.3) is 11.6 Å². The van der Waals surface area contributed by atoms with Crippen molar-refractivity contribution in [2.24, 2.45) is 5.10 Å². The predicted octanol–water partition coefficient (Wildman–Crippen LogP) is 3.64. The first kappa shape index (κ1) is 19.1. The molecule has 2 aromatic rings. The van der Waals surface area contributed by atoms with Crippen LogP contribution in [0.3, 0.4) is 0 Å². The average Bonchev–Trinajstić information content (AvgIpc) is 2.66. The van der Waals surface area contributed by atoms with E-state index in [2.05, 4.69) is 24.4 Å². The summed E-state index contributed by atoms with van der Waals surface area (Å²) in [7, 11) is 0. The highest BCUT2D eigenvalue weighted by Crippen LogP contribution is 2.28. The quantitative estimate of drug-likeness (QED) is 0.444. The van der Waals surface area contributed by atoms with Gasteiger partial charge in [-0.1, -0.05) is 44.2 Å². The molecule has 136 valence electrons. The van der Waals surface area contributed by atoms with E-state index < -0.39 is 10.8 Å². The number of hydrazone groups is 1. The van der Waals surface area contributed by atoms with Gasteiger partial charge in [-0.3, -0.25) is 14.9 Å². The van der Waals surface area contributed by atoms with Gasteiger partial charge < -0.3 is 4.74 Å². The molecule has 7 heteroatoms. The zero-order valence-corrected chi connectivity index (χ0v) is 14.7. The van der Waals surface area contributed by atoms with E-state index in [1.807, 2.05) is 24.3 Å². The lowest BCUT2D eigenvalue weighted by Crippen LogP contribution is -2.25. The molecule has 0 aliphatic rings. The van der Waals surface area contributed by atoms with Crippen molar-refractivity contribution in [2.45, 2.75) is 26.2 Å². The Labute approximate surface area is 151 Å². The highest BCUT2D eigenvalue weighted by molar-refractivity contribution is 5.83. The minimum Gasteiger partial charge on any atom is -0.483 e. The summed E-state index contributed by atoms with van der Waals surface area (Å²) in [6, 6.07) is 13.6. The summed E-state index contributed by atoms with van der Waals surface area (Å²) in [5.74, 6) is 0.603. The van der Waals surface area contributed by atoms with E-state index >= 15 is 0 Å². The molecule has 0 aromatic heterocycles. The molecule has 1 unspecified atom stereocenters. The molecule has 26 heavy (non-hydrogen) atoms. The van der Waals surface area contributed by atoms with Gasteiger partial charge in [-0.2, -0.15) is 5.10 Å². The van der Waals surface area contributed by atoms with Crippen molar-refractivity contribution in [3.05, 3.63) is 69.8 Å². The second kappa shape index (κ2) is 9.31. The molecule has 0 heterocycles. The van der Waals surface area contributed by atoms with E-state index in [0.717, 1.165) is 12.0 Å². The first-order valence-corrected chi connectivity index (χ1v) is 8.29. The van der Waals surface area contributed by atoms with Gasteiger partial charge in [-0.05, 0) is 24.0 Å². The number of nitro benzene ring substituents is 1. The number of para-hydroxylation sites is 1. The van der Waals surface area contributed by atoms with Gasteiger partial charge in [0.1, 0.15) is 5.75 Å². The molecule has 0 radical (unpaired) electrons. The van der Waals surface area contributed by atoms with E-state index in [9.17, 15) is 14.9 Å². The smallest absolute Gasteiger partial charge is 0.277 e. The van der Waals surface area contributed by atoms with Gasteiger partial charge in [0, 0.05) is 17.7 Å². The molecular formula is C19H21N3O4. The van der Waals surface area contributed by atoms with Gasteiger partial charge in [0.05, 0.1) is 11.1 Å². The molecule has 1 N–H and O–H groups in total. The van der Waals surface area contributed by atoms with Crippen molar-refractivity contribution < 1.29 is 14.5 Å². The molecule has 0 fully saturated rings. The van der Waals surface area contributed by atoms with Crippen molar-refractivity contribution in [3.63, 3.8) is 0 Å². The SMILES string of the molecule is CCC(C)c1ccccc1OCC(=O)N/N=C/c1cccc([N+](=O)[O-])c1. The number of rotatable bonds is 8. The Kier molecular flexibility index (Phi) is 6.84. The van der Waals surface area contributed by atoms with Crippen LogP contribution in [-0.4, -0.2) is 23.7 Å². The van der Waals surface area contributed by atoms with Crippen LogP contribution in [-0.2, 0) is 4.79 Å². The van der Waals surface area contributed by atoms with Crippen LogP contribution in [0.5, 0.6) is 5.75 Å². The minimum absolute atomic E-state index is 0.0368. The number of nitrogens with one attached hydrogen (secondary N) is 1. The number of nitro groups is 1. The number of nitrogens with zero attached hydrogens (tertiary/aromatic N) is 2. The zero-order chi connectivity index (χ0) is 18.9. The second-order valence-corrected chi connectivity index (χ2v) is 5.78. The lowest BCUT2D eigenvalue weighted by atomic mass is 9.98. The van der Waals surface area contributed by atoms with E-state index in [0.29, 0.717) is 17.2 Å². The average molecular weight is 355 g/mol. The maximum atomic E-state index is 11.9. The highest BCUT2D eigenvalue weighted by atomic mass is 16.6. The van der Waals surface area contributed by atoms with Gasteiger partial charge in [0.2, 0.25) is 0 Å². The molecule has 2 aromatic carbocycles. The summed E-state index contributed by atoms with van der Waals surface area (Å²) in [5, 5.41) is 14.5. The number of ether oxygens (including phenoxy) is 1. The summed E-state index contributed by atoms with van der Waals surface area (Å²) < 4.78 is 5.60. The van der Waals surface area contributed by atoms with Crippen LogP contribution in [0.2, 0.25) is 0 Å². The van der Waals surface area contributed by atoms with E-state index in [-0.39, 0.29) is 12.3 Å². The van der Waals surface area contributed by atoms with E-state index in [4.69, 9.17) is 4.74 Å². The summed E-state index contributed by atoms with van der Waals surface area (Å²) in [4.78, 5) is 22.1.